The SMILES string of the molecule is COC(=O)CC(O)C(O)c1cnc2[nH]ccc2c1. The highest BCUT2D eigenvalue weighted by atomic mass is 16.5. The number of ether oxygens (including phenoxy) is 1. The Balaban J connectivity index is 2.16. The van der Waals surface area contributed by atoms with Crippen molar-refractivity contribution >= 4 is 17.0 Å². The first-order chi connectivity index (χ1) is 8.61. The number of rotatable bonds is 4. The number of nitrogens with zero attached hydrogens (tertiary/aromatic N) is 1. The summed E-state index contributed by atoms with van der Waals surface area (Å²) in [7, 11) is 1.23. The molecule has 0 saturated carbocycles. The van der Waals surface area contributed by atoms with Crippen LogP contribution in [0.15, 0.2) is 24.5 Å². The van der Waals surface area contributed by atoms with Crippen molar-refractivity contribution in [1.29, 1.82) is 0 Å². The summed E-state index contributed by atoms with van der Waals surface area (Å²) in [5, 5.41) is 20.5. The number of methoxy groups -OCH3 is 1. The lowest BCUT2D eigenvalue weighted by atomic mass is 10.0. The fraction of sp³-hybridized carbons (Fsp3) is 0.333. The van der Waals surface area contributed by atoms with Gasteiger partial charge in [-0.25, -0.2) is 4.98 Å². The van der Waals surface area contributed by atoms with Crippen LogP contribution in [0.4, 0.5) is 0 Å². The van der Waals surface area contributed by atoms with Crippen molar-refractivity contribution in [2.75, 3.05) is 7.11 Å². The second-order valence-corrected chi connectivity index (χ2v) is 3.98. The minimum atomic E-state index is -1.21. The molecule has 0 fully saturated rings. The van der Waals surface area contributed by atoms with Gasteiger partial charge >= 0.3 is 5.97 Å². The van der Waals surface area contributed by atoms with Crippen molar-refractivity contribution in [1.82, 2.24) is 9.97 Å². The third-order valence-electron chi connectivity index (χ3n) is 2.73. The van der Waals surface area contributed by atoms with E-state index in [1.54, 1.807) is 12.3 Å². The fourth-order valence-corrected chi connectivity index (χ4v) is 1.71. The molecule has 2 aromatic rings. The topological polar surface area (TPSA) is 95.4 Å². The first-order valence-corrected chi connectivity index (χ1v) is 5.48. The monoisotopic (exact) mass is 250 g/mol. The van der Waals surface area contributed by atoms with Gasteiger partial charge in [-0.05, 0) is 12.1 Å². The third-order valence-corrected chi connectivity index (χ3v) is 2.73. The van der Waals surface area contributed by atoms with Crippen LogP contribution < -0.4 is 0 Å². The number of aliphatic hydroxyl groups is 2. The molecule has 6 heteroatoms. The minimum absolute atomic E-state index is 0.261. The van der Waals surface area contributed by atoms with Crippen molar-refractivity contribution in [3.63, 3.8) is 0 Å². The number of aliphatic hydroxyl groups excluding tert-OH is 2. The summed E-state index contributed by atoms with van der Waals surface area (Å²) in [6.45, 7) is 0. The van der Waals surface area contributed by atoms with Crippen molar-refractivity contribution in [2.45, 2.75) is 18.6 Å². The summed E-state index contributed by atoms with van der Waals surface area (Å²) in [6, 6.07) is 3.52. The summed E-state index contributed by atoms with van der Waals surface area (Å²) in [6.07, 6.45) is 0.553. The number of esters is 1. The zero-order valence-corrected chi connectivity index (χ0v) is 9.83. The number of fused-ring (bicyclic) bond motifs is 1. The number of H-pyrrole nitrogens is 1. The largest absolute Gasteiger partial charge is 0.469 e. The number of carbonyl (C=O) groups is 1. The van der Waals surface area contributed by atoms with E-state index in [1.807, 2.05) is 6.07 Å². The molecule has 2 rings (SSSR count). The molecule has 0 saturated heterocycles. The van der Waals surface area contributed by atoms with Crippen molar-refractivity contribution < 1.29 is 19.7 Å². The standard InChI is InChI=1S/C12H14N2O4/c1-18-10(16)5-9(15)11(17)8-4-7-2-3-13-12(7)14-6-8/h2-4,6,9,11,15,17H,5H2,1H3,(H,13,14). The van der Waals surface area contributed by atoms with E-state index in [0.29, 0.717) is 11.2 Å². The second kappa shape index (κ2) is 5.16. The maximum atomic E-state index is 11.0. The molecular weight excluding hydrogens is 236 g/mol. The van der Waals surface area contributed by atoms with E-state index in [1.165, 1.54) is 13.3 Å². The molecule has 0 bridgehead atoms. The van der Waals surface area contributed by atoms with Gasteiger partial charge in [-0.1, -0.05) is 0 Å². The van der Waals surface area contributed by atoms with Crippen LogP contribution in [0.3, 0.4) is 0 Å². The quantitative estimate of drug-likeness (QED) is 0.687. The first-order valence-electron chi connectivity index (χ1n) is 5.48. The molecule has 0 radical (unpaired) electrons. The van der Waals surface area contributed by atoms with E-state index in [-0.39, 0.29) is 6.42 Å². The van der Waals surface area contributed by atoms with Gasteiger partial charge in [0.05, 0.1) is 19.6 Å². The van der Waals surface area contributed by atoms with Gasteiger partial charge < -0.3 is 19.9 Å². The lowest BCUT2D eigenvalue weighted by molar-refractivity contribution is -0.144. The van der Waals surface area contributed by atoms with E-state index < -0.39 is 18.2 Å². The molecule has 0 aliphatic rings. The Morgan fingerprint density at radius 2 is 2.33 bits per heavy atom. The molecule has 3 N–H and O–H groups in total. The zero-order chi connectivity index (χ0) is 13.1. The average Bonchev–Trinajstić information content (AvgIpc) is 2.84. The molecule has 0 aliphatic heterocycles. The zero-order valence-electron chi connectivity index (χ0n) is 9.83. The van der Waals surface area contributed by atoms with E-state index in [9.17, 15) is 15.0 Å². The van der Waals surface area contributed by atoms with E-state index >= 15 is 0 Å². The Morgan fingerprint density at radius 1 is 1.56 bits per heavy atom. The molecule has 0 spiro atoms. The van der Waals surface area contributed by atoms with Crippen LogP contribution in [0.2, 0.25) is 0 Å². The maximum Gasteiger partial charge on any atom is 0.308 e. The predicted molar refractivity (Wildman–Crippen MR) is 63.7 cm³/mol. The van der Waals surface area contributed by atoms with Crippen LogP contribution in [0, 0.1) is 0 Å². The van der Waals surface area contributed by atoms with Crippen molar-refractivity contribution in [3.8, 4) is 0 Å². The molecule has 2 aromatic heterocycles. The van der Waals surface area contributed by atoms with Crippen LogP contribution >= 0.6 is 0 Å². The van der Waals surface area contributed by atoms with Crippen LogP contribution in [-0.2, 0) is 9.53 Å². The van der Waals surface area contributed by atoms with Crippen molar-refractivity contribution in [3.05, 3.63) is 30.1 Å². The lowest BCUT2D eigenvalue weighted by Gasteiger charge is -2.16. The number of nitrogens with one attached hydrogen (secondary N) is 1. The Labute approximate surface area is 103 Å². The normalized spacial score (nSPS) is 14.4. The van der Waals surface area contributed by atoms with Gasteiger partial charge in [0.1, 0.15) is 11.8 Å². The molecule has 6 nitrogen and oxygen atoms in total. The summed E-state index contributed by atoms with van der Waals surface area (Å²) < 4.78 is 4.43. The van der Waals surface area contributed by atoms with Gasteiger partial charge in [0.2, 0.25) is 0 Å². The highest BCUT2D eigenvalue weighted by molar-refractivity contribution is 5.75. The highest BCUT2D eigenvalue weighted by Gasteiger charge is 2.22. The van der Waals surface area contributed by atoms with Gasteiger partial charge in [0.15, 0.2) is 0 Å². The molecule has 0 aromatic carbocycles. The smallest absolute Gasteiger partial charge is 0.308 e. The van der Waals surface area contributed by atoms with Gasteiger partial charge in [-0.15, -0.1) is 0 Å². The van der Waals surface area contributed by atoms with E-state index in [2.05, 4.69) is 14.7 Å². The van der Waals surface area contributed by atoms with E-state index in [0.717, 1.165) is 5.39 Å². The molecule has 2 atom stereocenters. The summed E-state index contributed by atoms with van der Waals surface area (Å²) >= 11 is 0. The van der Waals surface area contributed by atoms with Crippen LogP contribution in [-0.4, -0.2) is 39.4 Å². The molecule has 0 aliphatic carbocycles. The summed E-state index contributed by atoms with van der Waals surface area (Å²) in [5.41, 5.74) is 1.16. The average molecular weight is 250 g/mol. The van der Waals surface area contributed by atoms with E-state index in [4.69, 9.17) is 0 Å². The Kier molecular flexibility index (Phi) is 3.59. The first kappa shape index (κ1) is 12.5. The van der Waals surface area contributed by atoms with Crippen LogP contribution in [0.5, 0.6) is 0 Å². The molecule has 18 heavy (non-hydrogen) atoms. The number of hydrogen-bond donors (Lipinski definition) is 3. The summed E-state index contributed by atoms with van der Waals surface area (Å²) in [4.78, 5) is 18.0. The summed E-state index contributed by atoms with van der Waals surface area (Å²) in [5.74, 6) is -0.572. The maximum absolute atomic E-state index is 11.0. The molecular formula is C12H14N2O4. The highest BCUT2D eigenvalue weighted by Crippen LogP contribution is 2.21. The minimum Gasteiger partial charge on any atom is -0.469 e. The second-order valence-electron chi connectivity index (χ2n) is 3.98. The lowest BCUT2D eigenvalue weighted by Crippen LogP contribution is -2.22. The number of aromatic amines is 1. The molecule has 2 unspecified atom stereocenters. The fourth-order valence-electron chi connectivity index (χ4n) is 1.71. The molecule has 0 amide bonds. The third kappa shape index (κ3) is 2.49. The number of pyridine rings is 1. The van der Waals surface area contributed by atoms with Gasteiger partial charge in [-0.3, -0.25) is 4.79 Å². The van der Waals surface area contributed by atoms with Crippen LogP contribution in [0.25, 0.3) is 11.0 Å². The number of aromatic nitrogens is 2. The Bertz CT molecular complexity index is 552. The Morgan fingerprint density at radius 3 is 3.06 bits per heavy atom. The van der Waals surface area contributed by atoms with Gasteiger partial charge in [-0.2, -0.15) is 0 Å². The van der Waals surface area contributed by atoms with Gasteiger partial charge in [0.25, 0.3) is 0 Å². The Hall–Kier alpha value is -1.92. The van der Waals surface area contributed by atoms with Crippen molar-refractivity contribution in [2.24, 2.45) is 0 Å². The molecule has 96 valence electrons. The predicted octanol–water partition coefficient (Wildman–Crippen LogP) is 0.520. The number of carbonyl (C=O) groups excluding carboxylic acids is 1. The van der Waals surface area contributed by atoms with Gasteiger partial charge in [0, 0.05) is 23.3 Å². The van der Waals surface area contributed by atoms with Crippen LogP contribution in [0.1, 0.15) is 18.1 Å². The number of hydrogen-bond acceptors (Lipinski definition) is 5. The molecule has 2 heterocycles.